The fraction of sp³-hybridized carbons (Fsp3) is 0.912. The molecular weight excluding hydrogens is 470 g/mol. The Morgan fingerprint density at radius 2 is 1.55 bits per heavy atom. The summed E-state index contributed by atoms with van der Waals surface area (Å²) in [5.41, 5.74) is 0.864. The molecule has 5 aliphatic rings. The monoisotopic (exact) mass is 527 g/mol. The maximum atomic E-state index is 12.6. The first-order valence-corrected chi connectivity index (χ1v) is 16.3. The summed E-state index contributed by atoms with van der Waals surface area (Å²) in [5.74, 6) is 5.50. The third kappa shape index (κ3) is 5.59. The number of fused-ring (bicyclic) bond motifs is 5. The molecule has 1 heterocycles. The zero-order valence-electron chi connectivity index (χ0n) is 25.4. The Morgan fingerprint density at radius 3 is 2.29 bits per heavy atom. The summed E-state index contributed by atoms with van der Waals surface area (Å²) in [5, 5.41) is 0. The fourth-order valence-corrected chi connectivity index (χ4v) is 10.1. The van der Waals surface area contributed by atoms with Crippen molar-refractivity contribution in [2.45, 2.75) is 124 Å². The van der Waals surface area contributed by atoms with E-state index >= 15 is 0 Å². The van der Waals surface area contributed by atoms with Crippen molar-refractivity contribution in [1.29, 1.82) is 0 Å². The van der Waals surface area contributed by atoms with Gasteiger partial charge in [-0.05, 0) is 117 Å². The molecule has 1 saturated heterocycles. The minimum absolute atomic E-state index is 0.00412. The summed E-state index contributed by atoms with van der Waals surface area (Å²) in [6, 6.07) is 0. The van der Waals surface area contributed by atoms with Crippen LogP contribution in [0.25, 0.3) is 0 Å². The maximum absolute atomic E-state index is 12.6. The van der Waals surface area contributed by atoms with E-state index in [-0.39, 0.29) is 12.2 Å². The first-order chi connectivity index (χ1) is 18.1. The minimum Gasteiger partial charge on any atom is -0.431 e. The molecule has 216 valence electrons. The molecule has 0 spiro atoms. The SMILES string of the molecule is CC(C)CCCC(C)[C@@H]1CCC2C3C=CC4CC(OC(=O)OC5CCN(C)CC5)CC[C@@]4(C)[C@@H]3CC[C@]21C. The van der Waals surface area contributed by atoms with Crippen molar-refractivity contribution in [3.8, 4) is 0 Å². The lowest BCUT2D eigenvalue weighted by Gasteiger charge is -2.59. The normalized spacial score (nSPS) is 42.3. The highest BCUT2D eigenvalue weighted by Crippen LogP contribution is 2.67. The average Bonchev–Trinajstić information content (AvgIpc) is 3.23. The van der Waals surface area contributed by atoms with Gasteiger partial charge in [-0.25, -0.2) is 4.79 Å². The average molecular weight is 528 g/mol. The summed E-state index contributed by atoms with van der Waals surface area (Å²) < 4.78 is 11.6. The Balaban J connectivity index is 1.19. The van der Waals surface area contributed by atoms with Crippen LogP contribution in [0, 0.1) is 52.3 Å². The van der Waals surface area contributed by atoms with Gasteiger partial charge in [0.15, 0.2) is 0 Å². The van der Waals surface area contributed by atoms with E-state index < -0.39 is 6.16 Å². The molecule has 0 amide bonds. The van der Waals surface area contributed by atoms with E-state index in [4.69, 9.17) is 9.47 Å². The van der Waals surface area contributed by atoms with E-state index in [1.165, 1.54) is 51.4 Å². The largest absolute Gasteiger partial charge is 0.508 e. The van der Waals surface area contributed by atoms with E-state index in [9.17, 15) is 4.79 Å². The van der Waals surface area contributed by atoms with Crippen LogP contribution in [0.4, 0.5) is 4.79 Å². The van der Waals surface area contributed by atoms with Gasteiger partial charge in [-0.2, -0.15) is 0 Å². The van der Waals surface area contributed by atoms with E-state index in [0.29, 0.717) is 16.7 Å². The lowest BCUT2D eigenvalue weighted by molar-refractivity contribution is -0.0915. The first-order valence-electron chi connectivity index (χ1n) is 16.3. The van der Waals surface area contributed by atoms with Gasteiger partial charge >= 0.3 is 6.16 Å². The molecule has 9 atom stereocenters. The second-order valence-corrected chi connectivity index (χ2v) is 15.2. The van der Waals surface area contributed by atoms with E-state index in [1.807, 2.05) is 0 Å². The van der Waals surface area contributed by atoms with Crippen LogP contribution in [0.1, 0.15) is 112 Å². The number of carbonyl (C=O) groups excluding carboxylic acids is 1. The molecule has 4 fully saturated rings. The third-order valence-corrected chi connectivity index (χ3v) is 12.5. The zero-order valence-corrected chi connectivity index (χ0v) is 25.4. The van der Waals surface area contributed by atoms with Gasteiger partial charge in [0.1, 0.15) is 12.2 Å². The van der Waals surface area contributed by atoms with E-state index in [2.05, 4.69) is 58.7 Å². The van der Waals surface area contributed by atoms with Gasteiger partial charge in [0.2, 0.25) is 0 Å². The summed E-state index contributed by atoms with van der Waals surface area (Å²) in [6.07, 6.45) is 19.6. The molecule has 0 bridgehead atoms. The number of nitrogens with zero attached hydrogens (tertiary/aromatic N) is 1. The quantitative estimate of drug-likeness (QED) is 0.246. The van der Waals surface area contributed by atoms with Gasteiger partial charge < -0.3 is 14.4 Å². The molecule has 4 nitrogen and oxygen atoms in total. The van der Waals surface area contributed by atoms with Crippen molar-refractivity contribution >= 4 is 6.16 Å². The summed E-state index contributed by atoms with van der Waals surface area (Å²) >= 11 is 0. The Kier molecular flexibility index (Phi) is 8.59. The van der Waals surface area contributed by atoms with Crippen LogP contribution in [0.5, 0.6) is 0 Å². The third-order valence-electron chi connectivity index (χ3n) is 12.5. The minimum atomic E-state index is -0.432. The van der Waals surface area contributed by atoms with Crippen LogP contribution in [0.2, 0.25) is 0 Å². The van der Waals surface area contributed by atoms with Gasteiger partial charge in [0.25, 0.3) is 0 Å². The molecule has 5 unspecified atom stereocenters. The Morgan fingerprint density at radius 1 is 0.868 bits per heavy atom. The molecule has 0 radical (unpaired) electrons. The summed E-state index contributed by atoms with van der Waals surface area (Å²) in [4.78, 5) is 14.9. The Labute approximate surface area is 233 Å². The van der Waals surface area contributed by atoms with Gasteiger partial charge in [0.05, 0.1) is 0 Å². The maximum Gasteiger partial charge on any atom is 0.508 e. The zero-order chi connectivity index (χ0) is 27.1. The molecule has 4 heteroatoms. The number of hydrogen-bond acceptors (Lipinski definition) is 4. The van der Waals surface area contributed by atoms with Crippen LogP contribution >= 0.6 is 0 Å². The first kappa shape index (κ1) is 28.5. The molecule has 0 aromatic heterocycles. The molecular formula is C34H57NO3. The van der Waals surface area contributed by atoms with Gasteiger partial charge in [0, 0.05) is 13.1 Å². The number of hydrogen-bond donors (Lipinski definition) is 0. The van der Waals surface area contributed by atoms with Gasteiger partial charge in [-0.15, -0.1) is 0 Å². The van der Waals surface area contributed by atoms with Crippen molar-refractivity contribution in [1.82, 2.24) is 4.90 Å². The Hall–Kier alpha value is -1.03. The Bertz CT molecular complexity index is 847. The predicted octanol–water partition coefficient (Wildman–Crippen LogP) is 8.50. The van der Waals surface area contributed by atoms with Crippen molar-refractivity contribution in [2.24, 2.45) is 52.3 Å². The van der Waals surface area contributed by atoms with Gasteiger partial charge in [-0.1, -0.05) is 66.0 Å². The van der Waals surface area contributed by atoms with Crippen molar-refractivity contribution < 1.29 is 14.3 Å². The van der Waals surface area contributed by atoms with E-state index in [1.54, 1.807) is 0 Å². The summed E-state index contributed by atoms with van der Waals surface area (Å²) in [6.45, 7) is 14.5. The number of rotatable bonds is 7. The second kappa shape index (κ2) is 11.5. The highest BCUT2D eigenvalue weighted by atomic mass is 16.7. The lowest BCUT2D eigenvalue weighted by atomic mass is 9.46. The highest BCUT2D eigenvalue weighted by Gasteiger charge is 2.59. The van der Waals surface area contributed by atoms with Crippen LogP contribution < -0.4 is 0 Å². The van der Waals surface area contributed by atoms with Crippen LogP contribution in [0.15, 0.2) is 12.2 Å². The molecule has 0 aromatic rings. The molecule has 38 heavy (non-hydrogen) atoms. The second-order valence-electron chi connectivity index (χ2n) is 15.2. The van der Waals surface area contributed by atoms with Crippen molar-refractivity contribution in [2.75, 3.05) is 20.1 Å². The fourth-order valence-electron chi connectivity index (χ4n) is 10.1. The van der Waals surface area contributed by atoms with Crippen molar-refractivity contribution in [3.05, 3.63) is 12.2 Å². The number of ether oxygens (including phenoxy) is 2. The molecule has 5 rings (SSSR count). The highest BCUT2D eigenvalue weighted by molar-refractivity contribution is 5.60. The van der Waals surface area contributed by atoms with E-state index in [0.717, 1.165) is 74.3 Å². The van der Waals surface area contributed by atoms with Crippen LogP contribution in [-0.4, -0.2) is 43.4 Å². The molecule has 1 aliphatic heterocycles. The molecule has 0 N–H and O–H groups in total. The number of allylic oxidation sites excluding steroid dienone is 2. The number of carbonyl (C=O) groups is 1. The predicted molar refractivity (Wildman–Crippen MR) is 155 cm³/mol. The number of piperidine rings is 1. The lowest BCUT2D eigenvalue weighted by Crippen LogP contribution is -2.52. The smallest absolute Gasteiger partial charge is 0.431 e. The van der Waals surface area contributed by atoms with Crippen LogP contribution in [-0.2, 0) is 9.47 Å². The standard InChI is InChI=1S/C34H57NO3/c1-23(2)8-7-9-24(3)29-12-13-30-28-11-10-25-22-27(38-32(36)37-26-16-20-35(6)21-17-26)14-18-33(25,4)31(28)15-19-34(29,30)5/h10-11,23-31H,7-9,12-22H2,1-6H3/t24?,25?,27?,28?,29-,30?,31+,33+,34-/m0/s1. The van der Waals surface area contributed by atoms with Crippen molar-refractivity contribution in [3.63, 3.8) is 0 Å². The topological polar surface area (TPSA) is 38.8 Å². The molecule has 4 aliphatic carbocycles. The molecule has 0 aromatic carbocycles. The summed E-state index contributed by atoms with van der Waals surface area (Å²) in [7, 11) is 2.13. The number of likely N-dealkylation sites (tertiary alicyclic amines) is 1. The van der Waals surface area contributed by atoms with Crippen LogP contribution in [0.3, 0.4) is 0 Å². The molecule has 3 saturated carbocycles. The van der Waals surface area contributed by atoms with Gasteiger partial charge in [-0.3, -0.25) is 0 Å².